The van der Waals surface area contributed by atoms with Gasteiger partial charge in [-0.15, -0.1) is 0 Å². The standard InChI is InChI=1S/C13H22N2O3/c16-12-5-4-11(13(17)18)10-15(12)9-3-8-14-6-1-2-7-14/h11H,1-10H2,(H,17,18). The van der Waals surface area contributed by atoms with E-state index in [1.165, 1.54) is 25.9 Å². The zero-order valence-corrected chi connectivity index (χ0v) is 10.8. The fourth-order valence-electron chi connectivity index (χ4n) is 2.82. The first-order valence-corrected chi connectivity index (χ1v) is 6.90. The van der Waals surface area contributed by atoms with Crippen molar-refractivity contribution in [2.45, 2.75) is 32.1 Å². The molecule has 2 heterocycles. The summed E-state index contributed by atoms with van der Waals surface area (Å²) in [7, 11) is 0. The van der Waals surface area contributed by atoms with Crippen molar-refractivity contribution in [1.82, 2.24) is 9.80 Å². The summed E-state index contributed by atoms with van der Waals surface area (Å²) in [5.41, 5.74) is 0. The summed E-state index contributed by atoms with van der Waals surface area (Å²) >= 11 is 0. The molecule has 2 aliphatic heterocycles. The molecule has 102 valence electrons. The van der Waals surface area contributed by atoms with E-state index in [0.717, 1.165) is 13.0 Å². The van der Waals surface area contributed by atoms with Gasteiger partial charge in [0.2, 0.25) is 5.91 Å². The highest BCUT2D eigenvalue weighted by Gasteiger charge is 2.29. The van der Waals surface area contributed by atoms with Crippen molar-refractivity contribution < 1.29 is 14.7 Å². The quantitative estimate of drug-likeness (QED) is 0.788. The molecule has 0 bridgehead atoms. The second-order valence-corrected chi connectivity index (χ2v) is 5.32. The Morgan fingerprint density at radius 2 is 2.00 bits per heavy atom. The number of hydrogen-bond donors (Lipinski definition) is 1. The SMILES string of the molecule is O=C(O)C1CCC(=O)N(CCCN2CCCC2)C1. The van der Waals surface area contributed by atoms with Crippen LogP contribution in [-0.2, 0) is 9.59 Å². The normalized spacial score (nSPS) is 25.7. The molecular weight excluding hydrogens is 232 g/mol. The van der Waals surface area contributed by atoms with Gasteiger partial charge in [0.25, 0.3) is 0 Å². The van der Waals surface area contributed by atoms with Gasteiger partial charge < -0.3 is 14.9 Å². The van der Waals surface area contributed by atoms with Crippen molar-refractivity contribution in [2.24, 2.45) is 5.92 Å². The number of likely N-dealkylation sites (tertiary alicyclic amines) is 2. The predicted molar refractivity (Wildman–Crippen MR) is 67.2 cm³/mol. The average molecular weight is 254 g/mol. The van der Waals surface area contributed by atoms with Gasteiger partial charge in [-0.1, -0.05) is 0 Å². The zero-order chi connectivity index (χ0) is 13.0. The number of aliphatic carboxylic acids is 1. The molecule has 1 amide bonds. The van der Waals surface area contributed by atoms with Crippen LogP contribution >= 0.6 is 0 Å². The van der Waals surface area contributed by atoms with Crippen LogP contribution in [0.2, 0.25) is 0 Å². The van der Waals surface area contributed by atoms with Gasteiger partial charge in [0.1, 0.15) is 0 Å². The number of carboxylic acids is 1. The molecular formula is C13H22N2O3. The van der Waals surface area contributed by atoms with Crippen molar-refractivity contribution in [3.63, 3.8) is 0 Å². The van der Waals surface area contributed by atoms with E-state index in [-0.39, 0.29) is 11.8 Å². The van der Waals surface area contributed by atoms with Crippen molar-refractivity contribution >= 4 is 11.9 Å². The number of carbonyl (C=O) groups excluding carboxylic acids is 1. The number of rotatable bonds is 5. The molecule has 1 unspecified atom stereocenters. The number of nitrogens with zero attached hydrogens (tertiary/aromatic N) is 2. The number of piperidine rings is 1. The van der Waals surface area contributed by atoms with Crippen LogP contribution in [0.25, 0.3) is 0 Å². The van der Waals surface area contributed by atoms with Gasteiger partial charge in [-0.3, -0.25) is 9.59 Å². The highest BCUT2D eigenvalue weighted by molar-refractivity contribution is 5.80. The predicted octanol–water partition coefficient (Wildman–Crippen LogP) is 0.795. The molecule has 5 nitrogen and oxygen atoms in total. The maximum absolute atomic E-state index is 11.7. The molecule has 2 aliphatic rings. The van der Waals surface area contributed by atoms with Gasteiger partial charge in [-0.05, 0) is 45.3 Å². The average Bonchev–Trinajstić information content (AvgIpc) is 2.84. The van der Waals surface area contributed by atoms with E-state index in [1.54, 1.807) is 4.90 Å². The first kappa shape index (κ1) is 13.3. The van der Waals surface area contributed by atoms with Crippen LogP contribution in [0.5, 0.6) is 0 Å². The topological polar surface area (TPSA) is 60.9 Å². The van der Waals surface area contributed by atoms with E-state index in [0.29, 0.717) is 25.9 Å². The lowest BCUT2D eigenvalue weighted by Crippen LogP contribution is -2.43. The summed E-state index contributed by atoms with van der Waals surface area (Å²) in [6.07, 6.45) is 4.41. The summed E-state index contributed by atoms with van der Waals surface area (Å²) in [6.45, 7) is 4.48. The highest BCUT2D eigenvalue weighted by Crippen LogP contribution is 2.18. The van der Waals surface area contributed by atoms with Gasteiger partial charge in [0, 0.05) is 19.5 Å². The summed E-state index contributed by atoms with van der Waals surface area (Å²) in [4.78, 5) is 26.8. The molecule has 5 heteroatoms. The van der Waals surface area contributed by atoms with Crippen LogP contribution < -0.4 is 0 Å². The highest BCUT2D eigenvalue weighted by atomic mass is 16.4. The summed E-state index contributed by atoms with van der Waals surface area (Å²) in [5.74, 6) is -1.02. The molecule has 2 saturated heterocycles. The minimum Gasteiger partial charge on any atom is -0.481 e. The van der Waals surface area contributed by atoms with Crippen LogP contribution in [0.3, 0.4) is 0 Å². The third kappa shape index (κ3) is 3.45. The smallest absolute Gasteiger partial charge is 0.308 e. The number of carboxylic acid groups (broad SMARTS) is 1. The molecule has 0 spiro atoms. The van der Waals surface area contributed by atoms with E-state index < -0.39 is 5.97 Å². The molecule has 1 atom stereocenters. The van der Waals surface area contributed by atoms with Gasteiger partial charge in [-0.25, -0.2) is 0 Å². The maximum Gasteiger partial charge on any atom is 0.308 e. The van der Waals surface area contributed by atoms with Gasteiger partial charge >= 0.3 is 5.97 Å². The van der Waals surface area contributed by atoms with Gasteiger partial charge in [0.15, 0.2) is 0 Å². The molecule has 2 rings (SSSR count). The molecule has 1 N–H and O–H groups in total. The third-order valence-electron chi connectivity index (χ3n) is 3.95. The Morgan fingerprint density at radius 1 is 1.28 bits per heavy atom. The lowest BCUT2D eigenvalue weighted by Gasteiger charge is -2.31. The van der Waals surface area contributed by atoms with Gasteiger partial charge in [0.05, 0.1) is 5.92 Å². The second-order valence-electron chi connectivity index (χ2n) is 5.32. The van der Waals surface area contributed by atoms with Gasteiger partial charge in [-0.2, -0.15) is 0 Å². The first-order chi connectivity index (χ1) is 8.66. The molecule has 2 fully saturated rings. The molecule has 0 aromatic rings. The molecule has 0 aromatic heterocycles. The molecule has 18 heavy (non-hydrogen) atoms. The van der Waals surface area contributed by atoms with Crippen LogP contribution in [0.15, 0.2) is 0 Å². The van der Waals surface area contributed by atoms with Crippen LogP contribution in [-0.4, -0.2) is 59.5 Å². The minimum absolute atomic E-state index is 0.119. The molecule has 0 saturated carbocycles. The third-order valence-corrected chi connectivity index (χ3v) is 3.95. The lowest BCUT2D eigenvalue weighted by molar-refractivity contribution is -0.147. The largest absolute Gasteiger partial charge is 0.481 e. The Hall–Kier alpha value is -1.10. The zero-order valence-electron chi connectivity index (χ0n) is 10.8. The monoisotopic (exact) mass is 254 g/mol. The summed E-state index contributed by atoms with van der Waals surface area (Å²) < 4.78 is 0. The van der Waals surface area contributed by atoms with Crippen LogP contribution in [0.1, 0.15) is 32.1 Å². The Balaban J connectivity index is 1.72. The van der Waals surface area contributed by atoms with E-state index in [4.69, 9.17) is 5.11 Å². The molecule has 0 aromatic carbocycles. The lowest BCUT2D eigenvalue weighted by atomic mass is 9.97. The van der Waals surface area contributed by atoms with E-state index in [2.05, 4.69) is 4.90 Å². The van der Waals surface area contributed by atoms with E-state index >= 15 is 0 Å². The maximum atomic E-state index is 11.7. The van der Waals surface area contributed by atoms with Crippen molar-refractivity contribution in [3.05, 3.63) is 0 Å². The van der Waals surface area contributed by atoms with Crippen LogP contribution in [0, 0.1) is 5.92 Å². The number of amides is 1. The minimum atomic E-state index is -0.771. The van der Waals surface area contributed by atoms with Crippen molar-refractivity contribution in [3.8, 4) is 0 Å². The molecule has 0 aliphatic carbocycles. The summed E-state index contributed by atoms with van der Waals surface area (Å²) in [5, 5.41) is 8.99. The molecule has 0 radical (unpaired) electrons. The van der Waals surface area contributed by atoms with E-state index in [9.17, 15) is 9.59 Å². The first-order valence-electron chi connectivity index (χ1n) is 6.90. The Kier molecular flexibility index (Phi) is 4.58. The summed E-state index contributed by atoms with van der Waals surface area (Å²) in [6, 6.07) is 0. The Morgan fingerprint density at radius 3 is 2.67 bits per heavy atom. The van der Waals surface area contributed by atoms with Crippen LogP contribution in [0.4, 0.5) is 0 Å². The fraction of sp³-hybridized carbons (Fsp3) is 0.846. The number of carbonyl (C=O) groups is 2. The van der Waals surface area contributed by atoms with Crippen molar-refractivity contribution in [2.75, 3.05) is 32.7 Å². The fourth-order valence-corrected chi connectivity index (χ4v) is 2.82. The Bertz CT molecular complexity index is 313. The second kappa shape index (κ2) is 6.18. The Labute approximate surface area is 108 Å². The number of hydrogen-bond acceptors (Lipinski definition) is 3. The van der Waals surface area contributed by atoms with E-state index in [1.807, 2.05) is 0 Å². The van der Waals surface area contributed by atoms with Crippen molar-refractivity contribution in [1.29, 1.82) is 0 Å².